The first kappa shape index (κ1) is 20.3. The van der Waals surface area contributed by atoms with Crippen LogP contribution >= 0.6 is 0 Å². The van der Waals surface area contributed by atoms with Gasteiger partial charge in [-0.15, -0.1) is 0 Å². The molecule has 8 heteroatoms. The van der Waals surface area contributed by atoms with E-state index in [2.05, 4.69) is 0 Å². The molecule has 1 amide bonds. The van der Waals surface area contributed by atoms with Crippen LogP contribution in [0.3, 0.4) is 0 Å². The molecule has 1 heterocycles. The van der Waals surface area contributed by atoms with E-state index in [1.807, 2.05) is 0 Å². The lowest BCUT2D eigenvalue weighted by molar-refractivity contribution is -0.114. The molecule has 1 aliphatic heterocycles. The Labute approximate surface area is 168 Å². The molecule has 2 aromatic rings. The van der Waals surface area contributed by atoms with Crippen molar-refractivity contribution >= 4 is 17.4 Å². The Kier molecular flexibility index (Phi) is 6.11. The van der Waals surface area contributed by atoms with Crippen molar-refractivity contribution < 1.29 is 33.3 Å². The number of methoxy groups -OCH3 is 4. The van der Waals surface area contributed by atoms with Crippen LogP contribution in [-0.4, -0.2) is 53.3 Å². The first-order valence-corrected chi connectivity index (χ1v) is 9.01. The molecule has 0 fully saturated rings. The summed E-state index contributed by atoms with van der Waals surface area (Å²) in [5, 5.41) is 0. The monoisotopic (exact) mass is 401 g/mol. The van der Waals surface area contributed by atoms with Gasteiger partial charge in [0.05, 0.1) is 46.3 Å². The molecule has 0 atom stereocenters. The van der Waals surface area contributed by atoms with Crippen LogP contribution in [0.25, 0.3) is 0 Å². The first-order valence-electron chi connectivity index (χ1n) is 9.01. The second-order valence-electron chi connectivity index (χ2n) is 6.20. The summed E-state index contributed by atoms with van der Waals surface area (Å²) in [4.78, 5) is 26.5. The number of ether oxygens (including phenoxy) is 5. The van der Waals surface area contributed by atoms with Crippen LogP contribution in [0.5, 0.6) is 28.7 Å². The fourth-order valence-corrected chi connectivity index (χ4v) is 3.22. The van der Waals surface area contributed by atoms with Crippen LogP contribution in [0.15, 0.2) is 30.3 Å². The van der Waals surface area contributed by atoms with E-state index in [-0.39, 0.29) is 17.1 Å². The number of carbonyl (C=O) groups excluding carboxylic acids is 2. The zero-order chi connectivity index (χ0) is 21.0. The standard InChI is InChI=1S/C21H23NO7/c1-25-13-6-8-14(9-7-13)29-11-5-10-22-15-12-16(26-2)19(27-3)20(28-4)17(15)18(23)21(22)24/h6-9,12H,5,10-11H2,1-4H3. The number of Topliss-reactive ketones (excluding diaryl/α,β-unsaturated/α-hetero) is 1. The summed E-state index contributed by atoms with van der Waals surface area (Å²) in [7, 11) is 5.94. The van der Waals surface area contributed by atoms with E-state index in [1.54, 1.807) is 37.4 Å². The third-order valence-corrected chi connectivity index (χ3v) is 4.62. The minimum absolute atomic E-state index is 0.186. The smallest absolute Gasteiger partial charge is 0.299 e. The van der Waals surface area contributed by atoms with Gasteiger partial charge in [0.1, 0.15) is 11.5 Å². The third kappa shape index (κ3) is 3.78. The zero-order valence-corrected chi connectivity index (χ0v) is 16.8. The predicted octanol–water partition coefficient (Wildman–Crippen LogP) is 2.72. The number of hydrogen-bond acceptors (Lipinski definition) is 7. The highest BCUT2D eigenvalue weighted by molar-refractivity contribution is 6.53. The van der Waals surface area contributed by atoms with Gasteiger partial charge in [0, 0.05) is 12.6 Å². The molecule has 154 valence electrons. The summed E-state index contributed by atoms with van der Waals surface area (Å²) in [5.41, 5.74) is 0.630. The fourth-order valence-electron chi connectivity index (χ4n) is 3.22. The molecular formula is C21H23NO7. The summed E-state index contributed by atoms with van der Waals surface area (Å²) in [6.45, 7) is 0.691. The molecule has 0 bridgehead atoms. The molecule has 0 saturated carbocycles. The van der Waals surface area contributed by atoms with Crippen molar-refractivity contribution in [2.75, 3.05) is 46.5 Å². The SMILES string of the molecule is COc1ccc(OCCCN2C(=O)C(=O)c3c2cc(OC)c(OC)c3OC)cc1. The second kappa shape index (κ2) is 8.72. The molecule has 8 nitrogen and oxygen atoms in total. The van der Waals surface area contributed by atoms with E-state index >= 15 is 0 Å². The molecule has 0 unspecified atom stereocenters. The average Bonchev–Trinajstić information content (AvgIpc) is 2.99. The van der Waals surface area contributed by atoms with Gasteiger partial charge < -0.3 is 28.6 Å². The molecular weight excluding hydrogens is 378 g/mol. The van der Waals surface area contributed by atoms with E-state index in [4.69, 9.17) is 23.7 Å². The maximum Gasteiger partial charge on any atom is 0.299 e. The molecule has 0 aliphatic carbocycles. The Bertz CT molecular complexity index is 908. The minimum Gasteiger partial charge on any atom is -0.497 e. The van der Waals surface area contributed by atoms with Crippen molar-refractivity contribution in [3.8, 4) is 28.7 Å². The molecule has 0 saturated heterocycles. The van der Waals surface area contributed by atoms with Crippen LogP contribution in [0.1, 0.15) is 16.8 Å². The van der Waals surface area contributed by atoms with Crippen molar-refractivity contribution in [1.82, 2.24) is 0 Å². The lowest BCUT2D eigenvalue weighted by Crippen LogP contribution is -2.31. The summed E-state index contributed by atoms with van der Waals surface area (Å²) in [6.07, 6.45) is 0.529. The summed E-state index contributed by atoms with van der Waals surface area (Å²) < 4.78 is 26.8. The molecule has 29 heavy (non-hydrogen) atoms. The molecule has 0 aromatic heterocycles. The highest BCUT2D eigenvalue weighted by atomic mass is 16.5. The lowest BCUT2D eigenvalue weighted by atomic mass is 10.1. The van der Waals surface area contributed by atoms with Crippen LogP contribution in [0.2, 0.25) is 0 Å². The van der Waals surface area contributed by atoms with Crippen LogP contribution in [-0.2, 0) is 4.79 Å². The van der Waals surface area contributed by atoms with Crippen molar-refractivity contribution in [2.45, 2.75) is 6.42 Å². The number of nitrogens with zero attached hydrogens (tertiary/aromatic N) is 1. The van der Waals surface area contributed by atoms with Gasteiger partial charge >= 0.3 is 0 Å². The van der Waals surface area contributed by atoms with Crippen molar-refractivity contribution in [1.29, 1.82) is 0 Å². The van der Waals surface area contributed by atoms with E-state index < -0.39 is 11.7 Å². The molecule has 3 rings (SSSR count). The van der Waals surface area contributed by atoms with Crippen LogP contribution in [0.4, 0.5) is 5.69 Å². The van der Waals surface area contributed by atoms with Gasteiger partial charge in [0.25, 0.3) is 11.7 Å². The number of anilines is 1. The minimum atomic E-state index is -0.631. The maximum atomic E-state index is 12.6. The maximum absolute atomic E-state index is 12.6. The Morgan fingerprint density at radius 2 is 1.48 bits per heavy atom. The number of amides is 1. The highest BCUT2D eigenvalue weighted by Gasteiger charge is 2.40. The van der Waals surface area contributed by atoms with Crippen molar-refractivity contribution in [2.24, 2.45) is 0 Å². The van der Waals surface area contributed by atoms with Gasteiger partial charge in [-0.05, 0) is 30.7 Å². The van der Waals surface area contributed by atoms with Gasteiger partial charge in [0.15, 0.2) is 11.5 Å². The Hall–Kier alpha value is -3.42. The average molecular weight is 401 g/mol. The molecule has 0 radical (unpaired) electrons. The normalized spacial score (nSPS) is 12.6. The molecule has 0 N–H and O–H groups in total. The Morgan fingerprint density at radius 1 is 0.828 bits per heavy atom. The van der Waals surface area contributed by atoms with Gasteiger partial charge in [-0.2, -0.15) is 0 Å². The topological polar surface area (TPSA) is 83.5 Å². The summed E-state index contributed by atoms with van der Waals surface area (Å²) in [5.74, 6) is 1.05. The first-order chi connectivity index (χ1) is 14.0. The predicted molar refractivity (Wildman–Crippen MR) is 106 cm³/mol. The van der Waals surface area contributed by atoms with Crippen molar-refractivity contribution in [3.05, 3.63) is 35.9 Å². The fraction of sp³-hybridized carbons (Fsp3) is 0.333. The Balaban J connectivity index is 1.74. The second-order valence-corrected chi connectivity index (χ2v) is 6.20. The van der Waals surface area contributed by atoms with Crippen LogP contribution in [0, 0.1) is 0 Å². The van der Waals surface area contributed by atoms with E-state index in [0.717, 1.165) is 5.75 Å². The van der Waals surface area contributed by atoms with E-state index in [9.17, 15) is 9.59 Å². The summed E-state index contributed by atoms with van der Waals surface area (Å²) in [6, 6.07) is 8.84. The number of rotatable bonds is 9. The van der Waals surface area contributed by atoms with E-state index in [1.165, 1.54) is 26.2 Å². The van der Waals surface area contributed by atoms with Gasteiger partial charge in [0.2, 0.25) is 5.75 Å². The zero-order valence-electron chi connectivity index (χ0n) is 16.8. The number of ketones is 1. The number of benzene rings is 2. The quantitative estimate of drug-likeness (QED) is 0.472. The number of fused-ring (bicyclic) bond motifs is 1. The van der Waals surface area contributed by atoms with E-state index in [0.29, 0.717) is 36.8 Å². The summed E-state index contributed by atoms with van der Waals surface area (Å²) >= 11 is 0. The number of carbonyl (C=O) groups is 2. The van der Waals surface area contributed by atoms with Gasteiger partial charge in [-0.25, -0.2) is 0 Å². The molecule has 0 spiro atoms. The largest absolute Gasteiger partial charge is 0.497 e. The molecule has 2 aromatic carbocycles. The Morgan fingerprint density at radius 3 is 2.07 bits per heavy atom. The third-order valence-electron chi connectivity index (χ3n) is 4.62. The van der Waals surface area contributed by atoms with Gasteiger partial charge in [-0.3, -0.25) is 9.59 Å². The highest BCUT2D eigenvalue weighted by Crippen LogP contribution is 2.48. The van der Waals surface area contributed by atoms with Crippen LogP contribution < -0.4 is 28.6 Å². The van der Waals surface area contributed by atoms with Gasteiger partial charge in [-0.1, -0.05) is 0 Å². The molecule has 1 aliphatic rings. The van der Waals surface area contributed by atoms with Crippen molar-refractivity contribution in [3.63, 3.8) is 0 Å². The lowest BCUT2D eigenvalue weighted by Gasteiger charge is -2.19. The number of hydrogen-bond donors (Lipinski definition) is 0.